The van der Waals surface area contributed by atoms with Gasteiger partial charge in [-0.2, -0.15) is 0 Å². The summed E-state index contributed by atoms with van der Waals surface area (Å²) in [6.45, 7) is 2.30. The quantitative estimate of drug-likeness (QED) is 0.103. The first kappa shape index (κ1) is 27.6. The van der Waals surface area contributed by atoms with Crippen LogP contribution in [0.1, 0.15) is 161 Å². The molecule has 0 saturated heterocycles. The van der Waals surface area contributed by atoms with Crippen molar-refractivity contribution in [2.45, 2.75) is 166 Å². The Bertz CT molecular complexity index is 214. The first-order valence-electron chi connectivity index (χ1n) is 13.0. The van der Waals surface area contributed by atoms with E-state index in [4.69, 9.17) is 0 Å². The van der Waals surface area contributed by atoms with E-state index in [0.717, 1.165) is 0 Å². The molecule has 0 aliphatic rings. The summed E-state index contributed by atoms with van der Waals surface area (Å²) in [7, 11) is 0. The molecular formula is C26H53As. The van der Waals surface area contributed by atoms with Crippen molar-refractivity contribution in [2.24, 2.45) is 0 Å². The monoisotopic (exact) mass is 440 g/mol. The van der Waals surface area contributed by atoms with Crippen LogP contribution in [0, 0.1) is 0 Å². The Morgan fingerprint density at radius 2 is 0.481 bits per heavy atom. The van der Waals surface area contributed by atoms with Gasteiger partial charge in [0.15, 0.2) is 0 Å². The van der Waals surface area contributed by atoms with E-state index in [1.807, 2.05) is 0 Å². The predicted octanol–water partition coefficient (Wildman–Crippen LogP) is 9.96. The van der Waals surface area contributed by atoms with Gasteiger partial charge in [0.1, 0.15) is 0 Å². The summed E-state index contributed by atoms with van der Waals surface area (Å²) in [5, 5.41) is 1.31. The van der Waals surface area contributed by atoms with Crippen LogP contribution in [0.15, 0.2) is 0 Å². The zero-order chi connectivity index (χ0) is 19.7. The van der Waals surface area contributed by atoms with Crippen LogP contribution in [0.25, 0.3) is 0 Å². The van der Waals surface area contributed by atoms with Gasteiger partial charge in [-0.3, -0.25) is 0 Å². The van der Waals surface area contributed by atoms with E-state index >= 15 is 0 Å². The molecule has 0 fully saturated rings. The molecule has 0 aliphatic heterocycles. The summed E-state index contributed by atoms with van der Waals surface area (Å²) < 4.78 is 0. The molecule has 2 radical (unpaired) electrons. The first-order chi connectivity index (χ1) is 13.4. The number of hydrogen-bond donors (Lipinski definition) is 0. The third kappa shape index (κ3) is 26.6. The van der Waals surface area contributed by atoms with Crippen LogP contribution < -0.4 is 0 Å². The molecule has 0 N–H and O–H groups in total. The van der Waals surface area contributed by atoms with Crippen molar-refractivity contribution in [3.05, 3.63) is 0 Å². The number of hydrogen-bond acceptors (Lipinski definition) is 0. The molecule has 0 rings (SSSR count). The Kier molecular flexibility index (Phi) is 27.1. The third-order valence-corrected chi connectivity index (χ3v) is 6.68. The molecule has 0 saturated carbocycles. The van der Waals surface area contributed by atoms with Crippen molar-refractivity contribution in [2.75, 3.05) is 0 Å². The van der Waals surface area contributed by atoms with Crippen LogP contribution in [-0.4, -0.2) is 16.9 Å². The van der Waals surface area contributed by atoms with E-state index < -0.39 is 0 Å². The summed E-state index contributed by atoms with van der Waals surface area (Å²) in [6, 6.07) is 0. The van der Waals surface area contributed by atoms with Gasteiger partial charge in [0.05, 0.1) is 0 Å². The van der Waals surface area contributed by atoms with Crippen LogP contribution >= 0.6 is 0 Å². The van der Waals surface area contributed by atoms with Crippen molar-refractivity contribution in [3.63, 3.8) is 0 Å². The van der Waals surface area contributed by atoms with Gasteiger partial charge in [-0.05, 0) is 0 Å². The SMILES string of the molecule is CCCCCCCCCCCCCCCCCCCCCCCCCC[As]. The van der Waals surface area contributed by atoms with Crippen molar-refractivity contribution >= 4 is 16.9 Å². The molecule has 0 aliphatic carbocycles. The second kappa shape index (κ2) is 26.6. The van der Waals surface area contributed by atoms with Gasteiger partial charge >= 0.3 is 92.7 Å². The Morgan fingerprint density at radius 3 is 0.667 bits per heavy atom. The van der Waals surface area contributed by atoms with E-state index in [1.165, 1.54) is 159 Å². The number of rotatable bonds is 24. The Hall–Kier alpha value is 0.558. The van der Waals surface area contributed by atoms with E-state index in [1.54, 1.807) is 0 Å². The summed E-state index contributed by atoms with van der Waals surface area (Å²) in [4.78, 5) is 0. The van der Waals surface area contributed by atoms with E-state index in [-0.39, 0.29) is 0 Å². The molecule has 0 aromatic carbocycles. The van der Waals surface area contributed by atoms with E-state index in [0.29, 0.717) is 0 Å². The normalized spacial score (nSPS) is 11.3. The zero-order valence-electron chi connectivity index (χ0n) is 19.1. The maximum atomic E-state index is 2.71. The summed E-state index contributed by atoms with van der Waals surface area (Å²) in [5.41, 5.74) is 0. The van der Waals surface area contributed by atoms with Crippen LogP contribution in [0.4, 0.5) is 0 Å². The average Bonchev–Trinajstić information content (AvgIpc) is 2.68. The van der Waals surface area contributed by atoms with Crippen molar-refractivity contribution in [1.82, 2.24) is 0 Å². The van der Waals surface area contributed by atoms with Crippen molar-refractivity contribution in [1.29, 1.82) is 0 Å². The Balaban J connectivity index is 2.95. The van der Waals surface area contributed by atoms with Gasteiger partial charge in [0.2, 0.25) is 0 Å². The zero-order valence-corrected chi connectivity index (χ0v) is 21.0. The molecule has 0 aromatic rings. The van der Waals surface area contributed by atoms with E-state index in [2.05, 4.69) is 23.8 Å². The molecule has 0 aromatic heterocycles. The van der Waals surface area contributed by atoms with Gasteiger partial charge in [0, 0.05) is 0 Å². The van der Waals surface area contributed by atoms with Gasteiger partial charge in [-0.15, -0.1) is 0 Å². The first-order valence-corrected chi connectivity index (χ1v) is 14.4. The van der Waals surface area contributed by atoms with Gasteiger partial charge in [-0.1, -0.05) is 90.4 Å². The van der Waals surface area contributed by atoms with Crippen molar-refractivity contribution in [3.8, 4) is 0 Å². The molecule has 27 heavy (non-hydrogen) atoms. The molecule has 0 unspecified atom stereocenters. The van der Waals surface area contributed by atoms with Crippen LogP contribution in [-0.2, 0) is 0 Å². The standard InChI is InChI=1S/C26H53As/c1-2-3-4-5-6-7-8-9-10-11-12-13-14-15-16-17-18-19-20-21-22-23-24-25-26-27/h2-26H2,1H3. The van der Waals surface area contributed by atoms with Crippen LogP contribution in [0.2, 0.25) is 5.21 Å². The molecule has 0 bridgehead atoms. The Labute approximate surface area is 182 Å². The average molecular weight is 441 g/mol. The maximum absolute atomic E-state index is 2.71. The third-order valence-electron chi connectivity index (χ3n) is 6.01. The Morgan fingerprint density at radius 1 is 0.296 bits per heavy atom. The minimum atomic E-state index is 1.31. The van der Waals surface area contributed by atoms with Crippen molar-refractivity contribution < 1.29 is 0 Å². The molecule has 0 atom stereocenters. The number of unbranched alkanes of at least 4 members (excludes halogenated alkanes) is 23. The summed E-state index contributed by atoms with van der Waals surface area (Å²) in [6.07, 6.45) is 35.4. The fourth-order valence-electron chi connectivity index (χ4n) is 4.07. The molecule has 162 valence electrons. The molecule has 0 amide bonds. The topological polar surface area (TPSA) is 0 Å². The van der Waals surface area contributed by atoms with Gasteiger partial charge in [-0.25, -0.2) is 0 Å². The molecule has 1 heteroatoms. The second-order valence-electron chi connectivity index (χ2n) is 8.86. The van der Waals surface area contributed by atoms with Gasteiger partial charge < -0.3 is 0 Å². The molecule has 0 spiro atoms. The van der Waals surface area contributed by atoms with E-state index in [9.17, 15) is 0 Å². The molecule has 0 heterocycles. The second-order valence-corrected chi connectivity index (χ2v) is 9.79. The summed E-state index contributed by atoms with van der Waals surface area (Å²) in [5.74, 6) is 0. The fourth-order valence-corrected chi connectivity index (χ4v) is 4.54. The van der Waals surface area contributed by atoms with Crippen LogP contribution in [0.5, 0.6) is 0 Å². The fraction of sp³-hybridized carbons (Fsp3) is 1.00. The molecule has 0 nitrogen and oxygen atoms in total. The minimum absolute atomic E-state index is 1.31. The van der Waals surface area contributed by atoms with Gasteiger partial charge in [0.25, 0.3) is 0 Å². The van der Waals surface area contributed by atoms with Crippen LogP contribution in [0.3, 0.4) is 0 Å². The molecular weight excluding hydrogens is 387 g/mol. The predicted molar refractivity (Wildman–Crippen MR) is 127 cm³/mol. The summed E-state index contributed by atoms with van der Waals surface area (Å²) >= 11 is 2.71.